The Balaban J connectivity index is 1.42. The minimum Gasteiger partial charge on any atom is -0.497 e. The number of hydrogen-bond acceptors (Lipinski definition) is 3. The van der Waals surface area contributed by atoms with Gasteiger partial charge in [-0.1, -0.05) is 54.1 Å². The topological polar surface area (TPSA) is 44.5 Å². The van der Waals surface area contributed by atoms with Crippen LogP contribution in [0.25, 0.3) is 0 Å². The SMILES string of the molecule is COc1ccc(CCC[N+]2(CCCc3ccc(OC)cc3)CC(N)C(c3ccc(C)cc3)C2)cc1. The van der Waals surface area contributed by atoms with Gasteiger partial charge in [0.25, 0.3) is 0 Å². The fourth-order valence-corrected chi connectivity index (χ4v) is 5.67. The first-order chi connectivity index (χ1) is 17.0. The number of quaternary nitrogens is 1. The van der Waals surface area contributed by atoms with E-state index < -0.39 is 0 Å². The van der Waals surface area contributed by atoms with Crippen molar-refractivity contribution in [3.63, 3.8) is 0 Å². The fourth-order valence-electron chi connectivity index (χ4n) is 5.67. The molecule has 2 N–H and O–H groups in total. The van der Waals surface area contributed by atoms with Gasteiger partial charge in [0.15, 0.2) is 0 Å². The third-order valence-electron chi connectivity index (χ3n) is 7.72. The molecule has 2 atom stereocenters. The molecule has 4 rings (SSSR count). The van der Waals surface area contributed by atoms with Gasteiger partial charge in [0.2, 0.25) is 0 Å². The summed E-state index contributed by atoms with van der Waals surface area (Å²) in [4.78, 5) is 0. The Morgan fingerprint density at radius 2 is 1.20 bits per heavy atom. The van der Waals surface area contributed by atoms with Gasteiger partial charge < -0.3 is 19.7 Å². The molecular formula is C31H41N2O2+. The van der Waals surface area contributed by atoms with Gasteiger partial charge in [-0.2, -0.15) is 0 Å². The van der Waals surface area contributed by atoms with Gasteiger partial charge in [-0.05, 0) is 60.7 Å². The van der Waals surface area contributed by atoms with Crippen molar-refractivity contribution < 1.29 is 14.0 Å². The highest BCUT2D eigenvalue weighted by molar-refractivity contribution is 5.28. The largest absolute Gasteiger partial charge is 0.497 e. The second kappa shape index (κ2) is 11.7. The van der Waals surface area contributed by atoms with Crippen LogP contribution < -0.4 is 15.2 Å². The van der Waals surface area contributed by atoms with E-state index in [1.165, 1.54) is 48.2 Å². The molecule has 186 valence electrons. The summed E-state index contributed by atoms with van der Waals surface area (Å²) >= 11 is 0. The number of rotatable bonds is 11. The summed E-state index contributed by atoms with van der Waals surface area (Å²) in [5.74, 6) is 2.27. The zero-order valence-corrected chi connectivity index (χ0v) is 21.6. The van der Waals surface area contributed by atoms with E-state index in [9.17, 15) is 0 Å². The molecule has 0 amide bonds. The van der Waals surface area contributed by atoms with E-state index in [-0.39, 0.29) is 6.04 Å². The maximum atomic E-state index is 6.81. The lowest BCUT2D eigenvalue weighted by Crippen LogP contribution is -2.49. The van der Waals surface area contributed by atoms with Crippen LogP contribution >= 0.6 is 0 Å². The van der Waals surface area contributed by atoms with E-state index in [0.717, 1.165) is 41.9 Å². The molecule has 1 aliphatic rings. The number of benzene rings is 3. The molecule has 0 aliphatic carbocycles. The number of nitrogens with two attached hydrogens (primary N) is 1. The van der Waals surface area contributed by atoms with Gasteiger partial charge >= 0.3 is 0 Å². The van der Waals surface area contributed by atoms with Crippen molar-refractivity contribution in [1.29, 1.82) is 0 Å². The number of methoxy groups -OCH3 is 2. The number of ether oxygens (including phenoxy) is 2. The summed E-state index contributed by atoms with van der Waals surface area (Å²) in [6.07, 6.45) is 4.52. The van der Waals surface area contributed by atoms with Gasteiger partial charge in [0, 0.05) is 12.8 Å². The third kappa shape index (κ3) is 6.65. The van der Waals surface area contributed by atoms with Crippen molar-refractivity contribution in [2.24, 2.45) is 5.73 Å². The van der Waals surface area contributed by atoms with Crippen LogP contribution in [0.15, 0.2) is 72.8 Å². The van der Waals surface area contributed by atoms with E-state index in [0.29, 0.717) is 5.92 Å². The molecule has 0 bridgehead atoms. The van der Waals surface area contributed by atoms with Crippen molar-refractivity contribution in [3.8, 4) is 11.5 Å². The summed E-state index contributed by atoms with van der Waals surface area (Å²) in [6.45, 7) is 6.69. The number of hydrogen-bond donors (Lipinski definition) is 1. The highest BCUT2D eigenvalue weighted by Crippen LogP contribution is 2.33. The molecule has 0 aromatic heterocycles. The monoisotopic (exact) mass is 473 g/mol. The Labute approximate surface area is 211 Å². The Morgan fingerprint density at radius 3 is 1.66 bits per heavy atom. The molecule has 4 heteroatoms. The van der Waals surface area contributed by atoms with Crippen LogP contribution in [0.1, 0.15) is 41.0 Å². The normalized spacial score (nSPS) is 19.0. The van der Waals surface area contributed by atoms with Gasteiger partial charge in [-0.3, -0.25) is 0 Å². The molecule has 3 aromatic carbocycles. The number of likely N-dealkylation sites (tertiary alicyclic amines) is 1. The first kappa shape index (κ1) is 25.3. The van der Waals surface area contributed by atoms with Crippen LogP contribution in [0, 0.1) is 6.92 Å². The summed E-state index contributed by atoms with van der Waals surface area (Å²) in [7, 11) is 3.44. The van der Waals surface area contributed by atoms with Gasteiger partial charge in [0.05, 0.1) is 52.4 Å². The summed E-state index contributed by atoms with van der Waals surface area (Å²) < 4.78 is 11.7. The average molecular weight is 474 g/mol. The van der Waals surface area contributed by atoms with Gasteiger partial charge in [-0.15, -0.1) is 0 Å². The maximum Gasteiger partial charge on any atom is 0.118 e. The van der Waals surface area contributed by atoms with Crippen LogP contribution in [0.3, 0.4) is 0 Å². The van der Waals surface area contributed by atoms with Crippen molar-refractivity contribution in [2.75, 3.05) is 40.4 Å². The molecule has 1 fully saturated rings. The standard InChI is InChI=1S/C31H41N2O2/c1-24-8-14-27(15-9-24)30-22-33(23-31(30)32,20-4-6-25-10-16-28(34-2)17-11-25)21-5-7-26-12-18-29(35-3)19-13-26/h8-19,30-31H,4-7,20-23,32H2,1-3H3/q+1. The van der Waals surface area contributed by atoms with Crippen molar-refractivity contribution in [1.82, 2.24) is 0 Å². The predicted molar refractivity (Wildman–Crippen MR) is 144 cm³/mol. The lowest BCUT2D eigenvalue weighted by Gasteiger charge is -2.35. The van der Waals surface area contributed by atoms with E-state index in [1.54, 1.807) is 14.2 Å². The molecule has 2 unspecified atom stereocenters. The molecule has 0 spiro atoms. The first-order valence-electron chi connectivity index (χ1n) is 12.9. The average Bonchev–Trinajstić information content (AvgIpc) is 3.21. The fraction of sp³-hybridized carbons (Fsp3) is 0.419. The molecular weight excluding hydrogens is 432 g/mol. The summed E-state index contributed by atoms with van der Waals surface area (Å²) in [5.41, 5.74) is 12.3. The van der Waals surface area contributed by atoms with E-state index in [4.69, 9.17) is 15.2 Å². The Morgan fingerprint density at radius 1 is 0.714 bits per heavy atom. The van der Waals surface area contributed by atoms with E-state index in [1.807, 2.05) is 0 Å². The maximum absolute atomic E-state index is 6.81. The van der Waals surface area contributed by atoms with Crippen LogP contribution in [0.4, 0.5) is 0 Å². The van der Waals surface area contributed by atoms with Gasteiger partial charge in [0.1, 0.15) is 11.5 Å². The summed E-state index contributed by atoms with van der Waals surface area (Å²) in [6, 6.07) is 26.3. The lowest BCUT2D eigenvalue weighted by atomic mass is 9.94. The minimum absolute atomic E-state index is 0.208. The lowest BCUT2D eigenvalue weighted by molar-refractivity contribution is -0.918. The van der Waals surface area contributed by atoms with E-state index >= 15 is 0 Å². The second-order valence-corrected chi connectivity index (χ2v) is 10.2. The molecule has 1 heterocycles. The van der Waals surface area contributed by atoms with Crippen LogP contribution in [-0.4, -0.2) is 50.9 Å². The molecule has 4 nitrogen and oxygen atoms in total. The van der Waals surface area contributed by atoms with Gasteiger partial charge in [-0.25, -0.2) is 0 Å². The first-order valence-corrected chi connectivity index (χ1v) is 12.9. The Hall–Kier alpha value is -2.82. The molecule has 1 aliphatic heterocycles. The highest BCUT2D eigenvalue weighted by atomic mass is 16.5. The zero-order valence-electron chi connectivity index (χ0n) is 21.6. The van der Waals surface area contributed by atoms with Crippen LogP contribution in [-0.2, 0) is 12.8 Å². The van der Waals surface area contributed by atoms with Crippen LogP contribution in [0.5, 0.6) is 11.5 Å². The van der Waals surface area contributed by atoms with Crippen molar-refractivity contribution in [2.45, 2.75) is 44.6 Å². The Kier molecular flexibility index (Phi) is 8.48. The number of nitrogens with zero attached hydrogens (tertiary/aromatic N) is 1. The minimum atomic E-state index is 0.208. The van der Waals surface area contributed by atoms with Crippen LogP contribution in [0.2, 0.25) is 0 Å². The molecule has 0 saturated carbocycles. The molecule has 35 heavy (non-hydrogen) atoms. The smallest absolute Gasteiger partial charge is 0.118 e. The molecule has 0 radical (unpaired) electrons. The quantitative estimate of drug-likeness (QED) is 0.373. The zero-order chi connectivity index (χ0) is 24.7. The molecule has 3 aromatic rings. The second-order valence-electron chi connectivity index (χ2n) is 10.2. The van der Waals surface area contributed by atoms with Crippen molar-refractivity contribution in [3.05, 3.63) is 95.1 Å². The number of aryl methyl sites for hydroxylation is 3. The molecule has 1 saturated heterocycles. The summed E-state index contributed by atoms with van der Waals surface area (Å²) in [5, 5.41) is 0. The van der Waals surface area contributed by atoms with Crippen molar-refractivity contribution >= 4 is 0 Å². The predicted octanol–water partition coefficient (Wildman–Crippen LogP) is 5.52. The Bertz CT molecular complexity index is 991. The van der Waals surface area contributed by atoms with E-state index in [2.05, 4.69) is 79.7 Å². The highest BCUT2D eigenvalue weighted by Gasteiger charge is 2.43. The third-order valence-corrected chi connectivity index (χ3v) is 7.72.